The Morgan fingerprint density at radius 3 is 1.97 bits per heavy atom. The molecule has 0 aliphatic rings. The minimum Gasteiger partial charge on any atom is -0.371 e. The van der Waals surface area contributed by atoms with E-state index < -0.39 is 8.80 Å². The lowest BCUT2D eigenvalue weighted by molar-refractivity contribution is 0.0843. The summed E-state index contributed by atoms with van der Waals surface area (Å²) in [6.45, 7) is 11.7. The highest BCUT2D eigenvalue weighted by atomic mass is 32.1. The third-order valence-electron chi connectivity index (χ3n) is 3.69. The topological polar surface area (TPSA) is 27.7 Å². The van der Waals surface area contributed by atoms with Crippen molar-refractivity contribution >= 4 is 26.2 Å². The second kappa shape index (κ2) is 15.1. The van der Waals surface area contributed by atoms with Crippen molar-refractivity contribution < 1.29 is 13.3 Å². The SMILES string of the molecule is CCO[Si](/C=C/C=C/C(C)=C/C=C/C=C(C)/C=C/c1cccs1)(OCC)OCC. The minimum atomic E-state index is -2.72. The van der Waals surface area contributed by atoms with Gasteiger partial charge in [-0.05, 0) is 57.8 Å². The first-order valence-corrected chi connectivity index (χ1v) is 12.7. The Morgan fingerprint density at radius 2 is 1.45 bits per heavy atom. The summed E-state index contributed by atoms with van der Waals surface area (Å²) in [5, 5.41) is 2.08. The summed E-state index contributed by atoms with van der Waals surface area (Å²) in [6, 6.07) is 4.17. The predicted molar refractivity (Wildman–Crippen MR) is 129 cm³/mol. The van der Waals surface area contributed by atoms with Crippen molar-refractivity contribution in [2.75, 3.05) is 19.8 Å². The first-order valence-electron chi connectivity index (χ1n) is 10.1. The van der Waals surface area contributed by atoms with Gasteiger partial charge >= 0.3 is 8.80 Å². The van der Waals surface area contributed by atoms with Crippen LogP contribution < -0.4 is 0 Å². The highest BCUT2D eigenvalue weighted by Crippen LogP contribution is 2.13. The lowest BCUT2D eigenvalue weighted by Gasteiger charge is -2.25. The van der Waals surface area contributed by atoms with Crippen LogP contribution in [0.15, 0.2) is 83.0 Å². The first-order chi connectivity index (χ1) is 14.0. The largest absolute Gasteiger partial charge is 0.529 e. The summed E-state index contributed by atoms with van der Waals surface area (Å²) in [4.78, 5) is 1.26. The van der Waals surface area contributed by atoms with E-state index in [0.717, 1.165) is 5.57 Å². The average Bonchev–Trinajstić information content (AvgIpc) is 3.21. The summed E-state index contributed by atoms with van der Waals surface area (Å²) in [5.74, 6) is 0. The molecule has 0 saturated heterocycles. The molecular weight excluding hydrogens is 396 g/mol. The fraction of sp³-hybridized carbons (Fsp3) is 0.333. The van der Waals surface area contributed by atoms with Gasteiger partial charge in [0, 0.05) is 24.7 Å². The summed E-state index contributed by atoms with van der Waals surface area (Å²) < 4.78 is 17.4. The van der Waals surface area contributed by atoms with Crippen molar-refractivity contribution in [3.8, 4) is 0 Å². The minimum absolute atomic E-state index is 0.569. The van der Waals surface area contributed by atoms with E-state index in [1.54, 1.807) is 11.3 Å². The fourth-order valence-electron chi connectivity index (χ4n) is 2.38. The molecule has 0 amide bonds. The molecule has 0 fully saturated rings. The lowest BCUT2D eigenvalue weighted by atomic mass is 10.2. The van der Waals surface area contributed by atoms with Gasteiger partial charge in [0.05, 0.1) is 0 Å². The van der Waals surface area contributed by atoms with Crippen molar-refractivity contribution in [3.63, 3.8) is 0 Å². The highest BCUT2D eigenvalue weighted by Gasteiger charge is 2.37. The Labute approximate surface area is 181 Å². The third-order valence-corrected chi connectivity index (χ3v) is 7.20. The number of hydrogen-bond donors (Lipinski definition) is 0. The molecule has 5 heteroatoms. The normalized spacial score (nSPS) is 14.4. The zero-order valence-corrected chi connectivity index (χ0v) is 20.1. The van der Waals surface area contributed by atoms with Gasteiger partial charge in [-0.15, -0.1) is 11.3 Å². The van der Waals surface area contributed by atoms with Crippen LogP contribution >= 0.6 is 11.3 Å². The molecule has 1 heterocycles. The number of allylic oxidation sites excluding steroid dienone is 10. The Balaban J connectivity index is 2.61. The molecule has 0 radical (unpaired) electrons. The van der Waals surface area contributed by atoms with Crippen molar-refractivity contribution in [1.82, 2.24) is 0 Å². The fourth-order valence-corrected chi connectivity index (χ4v) is 5.09. The molecule has 1 aromatic rings. The zero-order chi connectivity index (χ0) is 21.4. The summed E-state index contributed by atoms with van der Waals surface area (Å²) in [7, 11) is -2.72. The van der Waals surface area contributed by atoms with E-state index >= 15 is 0 Å². The molecule has 0 unspecified atom stereocenters. The predicted octanol–water partition coefficient (Wildman–Crippen LogP) is 6.91. The van der Waals surface area contributed by atoms with Crippen LogP contribution in [0.5, 0.6) is 0 Å². The van der Waals surface area contributed by atoms with Crippen LogP contribution in [0.3, 0.4) is 0 Å². The molecule has 1 aromatic heterocycles. The first kappa shape index (κ1) is 25.3. The molecule has 3 nitrogen and oxygen atoms in total. The molecule has 0 N–H and O–H groups in total. The molecule has 0 bridgehead atoms. The Morgan fingerprint density at radius 1 is 0.862 bits per heavy atom. The van der Waals surface area contributed by atoms with E-state index in [9.17, 15) is 0 Å². The van der Waals surface area contributed by atoms with Gasteiger partial charge in [-0.1, -0.05) is 65.8 Å². The van der Waals surface area contributed by atoms with Gasteiger partial charge in [0.2, 0.25) is 0 Å². The smallest absolute Gasteiger partial charge is 0.371 e. The Kier molecular flexibility index (Phi) is 13.2. The van der Waals surface area contributed by atoms with Crippen LogP contribution in [0.1, 0.15) is 39.5 Å². The van der Waals surface area contributed by atoms with Crippen LogP contribution in [-0.4, -0.2) is 28.6 Å². The number of rotatable bonds is 13. The lowest BCUT2D eigenvalue weighted by Crippen LogP contribution is -2.44. The maximum absolute atomic E-state index is 5.80. The second-order valence-corrected chi connectivity index (χ2v) is 9.56. The van der Waals surface area contributed by atoms with E-state index in [0.29, 0.717) is 19.8 Å². The van der Waals surface area contributed by atoms with Crippen LogP contribution in [-0.2, 0) is 13.3 Å². The molecular formula is C24H34O3SSi. The van der Waals surface area contributed by atoms with Crippen LogP contribution in [0.2, 0.25) is 0 Å². The summed E-state index contributed by atoms with van der Waals surface area (Å²) >= 11 is 1.74. The molecule has 0 aromatic carbocycles. The van der Waals surface area contributed by atoms with Crippen LogP contribution in [0, 0.1) is 0 Å². The maximum atomic E-state index is 5.80. The zero-order valence-electron chi connectivity index (χ0n) is 18.3. The van der Waals surface area contributed by atoms with Gasteiger partial charge in [0.1, 0.15) is 0 Å². The molecule has 0 spiro atoms. The quantitative estimate of drug-likeness (QED) is 0.251. The number of thiophene rings is 1. The van der Waals surface area contributed by atoms with Gasteiger partial charge in [0.15, 0.2) is 0 Å². The second-order valence-electron chi connectivity index (χ2n) is 6.18. The van der Waals surface area contributed by atoms with Gasteiger partial charge in [0.25, 0.3) is 0 Å². The van der Waals surface area contributed by atoms with Gasteiger partial charge in [-0.25, -0.2) is 0 Å². The average molecular weight is 431 g/mol. The van der Waals surface area contributed by atoms with Gasteiger partial charge in [-0.3, -0.25) is 0 Å². The molecule has 0 atom stereocenters. The van der Waals surface area contributed by atoms with Crippen molar-refractivity contribution in [2.24, 2.45) is 0 Å². The molecule has 158 valence electrons. The summed E-state index contributed by atoms with van der Waals surface area (Å²) in [5.41, 5.74) is 4.31. The van der Waals surface area contributed by atoms with Gasteiger partial charge in [-0.2, -0.15) is 0 Å². The molecule has 0 aliphatic heterocycles. The standard InChI is InChI=1S/C24H34O3SSi/c1-6-25-29(26-7-2,27-8-3)21-12-11-16-22(4)14-9-10-15-23(5)18-19-24-17-13-20-28-24/h9-21H,6-8H2,1-5H3/b10-9+,16-11+,19-18+,21-12+,22-14+,23-15+. The van der Waals surface area contributed by atoms with Crippen LogP contribution in [0.4, 0.5) is 0 Å². The summed E-state index contributed by atoms with van der Waals surface area (Å²) in [6.07, 6.45) is 18.5. The molecule has 0 aliphatic carbocycles. The van der Waals surface area contributed by atoms with E-state index in [4.69, 9.17) is 13.3 Å². The van der Waals surface area contributed by atoms with Crippen LogP contribution in [0.25, 0.3) is 6.08 Å². The Hall–Kier alpha value is -1.76. The van der Waals surface area contributed by atoms with E-state index in [1.807, 2.05) is 44.7 Å². The Bertz CT molecular complexity index is 723. The monoisotopic (exact) mass is 430 g/mol. The van der Waals surface area contributed by atoms with Crippen molar-refractivity contribution in [2.45, 2.75) is 34.6 Å². The molecule has 1 rings (SSSR count). The number of hydrogen-bond acceptors (Lipinski definition) is 4. The maximum Gasteiger partial charge on any atom is 0.529 e. The third kappa shape index (κ3) is 11.1. The molecule has 29 heavy (non-hydrogen) atoms. The van der Waals surface area contributed by atoms with Crippen molar-refractivity contribution in [3.05, 3.63) is 87.8 Å². The van der Waals surface area contributed by atoms with E-state index in [2.05, 4.69) is 67.8 Å². The van der Waals surface area contributed by atoms with E-state index in [-0.39, 0.29) is 0 Å². The molecule has 0 saturated carbocycles. The van der Waals surface area contributed by atoms with Gasteiger partial charge < -0.3 is 13.3 Å². The highest BCUT2D eigenvalue weighted by molar-refractivity contribution is 7.10. The van der Waals surface area contributed by atoms with E-state index in [1.165, 1.54) is 10.5 Å². The van der Waals surface area contributed by atoms with Crippen molar-refractivity contribution in [1.29, 1.82) is 0 Å².